The van der Waals surface area contributed by atoms with Gasteiger partial charge in [0.25, 0.3) is 0 Å². The third kappa shape index (κ3) is 4.06. The fourth-order valence-corrected chi connectivity index (χ4v) is 5.58. The average molecular weight is 403 g/mol. The van der Waals surface area contributed by atoms with E-state index in [0.29, 0.717) is 25.9 Å². The van der Waals surface area contributed by atoms with Gasteiger partial charge in [0, 0.05) is 26.2 Å². The lowest BCUT2D eigenvalue weighted by molar-refractivity contribution is -0.126. The number of piperidine rings is 1. The third-order valence-corrected chi connectivity index (χ3v) is 7.50. The van der Waals surface area contributed by atoms with Gasteiger partial charge in [0.2, 0.25) is 15.9 Å². The zero-order valence-corrected chi connectivity index (χ0v) is 16.7. The Labute approximate surface area is 165 Å². The third-order valence-electron chi connectivity index (χ3n) is 5.64. The molecule has 2 aliphatic rings. The SMILES string of the molecule is O=C(NC[C@H]1CCCO1)[C@H]1CCCN(S(=O)(=O)c2ccc3ccccc3c2)C1. The fourth-order valence-electron chi connectivity index (χ4n) is 4.02. The van der Waals surface area contributed by atoms with Crippen molar-refractivity contribution in [3.63, 3.8) is 0 Å². The van der Waals surface area contributed by atoms with E-state index in [1.165, 1.54) is 4.31 Å². The predicted octanol–water partition coefficient (Wildman–Crippen LogP) is 2.54. The summed E-state index contributed by atoms with van der Waals surface area (Å²) in [6.07, 6.45) is 3.48. The molecule has 2 heterocycles. The second-order valence-electron chi connectivity index (χ2n) is 7.59. The number of amides is 1. The Morgan fingerprint density at radius 3 is 2.71 bits per heavy atom. The quantitative estimate of drug-likeness (QED) is 0.834. The standard InChI is InChI=1S/C21H26N2O4S/c24-21(22-14-19-8-4-12-27-19)18-7-3-11-23(15-18)28(25,26)20-10-9-16-5-1-2-6-17(16)13-20/h1-2,5-6,9-10,13,18-19H,3-4,7-8,11-12,14-15H2,(H,22,24)/t18-,19+/m0/s1. The molecule has 0 spiro atoms. The largest absolute Gasteiger partial charge is 0.376 e. The highest BCUT2D eigenvalue weighted by atomic mass is 32.2. The summed E-state index contributed by atoms with van der Waals surface area (Å²) >= 11 is 0. The lowest BCUT2D eigenvalue weighted by Gasteiger charge is -2.31. The van der Waals surface area contributed by atoms with E-state index in [1.807, 2.05) is 30.3 Å². The molecule has 4 rings (SSSR count). The van der Waals surface area contributed by atoms with Crippen molar-refractivity contribution < 1.29 is 17.9 Å². The molecule has 7 heteroatoms. The number of carbonyl (C=O) groups excluding carboxylic acids is 1. The molecule has 0 aliphatic carbocycles. The number of nitrogens with zero attached hydrogens (tertiary/aromatic N) is 1. The number of rotatable bonds is 5. The Hall–Kier alpha value is -1.96. The molecule has 0 radical (unpaired) electrons. The number of carbonyl (C=O) groups is 1. The molecule has 2 aromatic rings. The summed E-state index contributed by atoms with van der Waals surface area (Å²) in [7, 11) is -3.62. The molecule has 150 valence electrons. The number of sulfonamides is 1. The summed E-state index contributed by atoms with van der Waals surface area (Å²) in [4.78, 5) is 12.8. The van der Waals surface area contributed by atoms with Crippen LogP contribution in [0.25, 0.3) is 10.8 Å². The minimum absolute atomic E-state index is 0.0751. The minimum Gasteiger partial charge on any atom is -0.376 e. The molecule has 0 unspecified atom stereocenters. The molecule has 0 saturated carbocycles. The smallest absolute Gasteiger partial charge is 0.243 e. The molecule has 2 saturated heterocycles. The number of ether oxygens (including phenoxy) is 1. The number of nitrogens with one attached hydrogen (secondary N) is 1. The average Bonchev–Trinajstić information content (AvgIpc) is 3.25. The number of hydrogen-bond acceptors (Lipinski definition) is 4. The first kappa shape index (κ1) is 19.4. The van der Waals surface area contributed by atoms with Gasteiger partial charge in [-0.3, -0.25) is 4.79 Å². The molecule has 2 aromatic carbocycles. The van der Waals surface area contributed by atoms with Gasteiger partial charge in [-0.2, -0.15) is 4.31 Å². The molecular formula is C21H26N2O4S. The first-order chi connectivity index (χ1) is 13.5. The highest BCUT2D eigenvalue weighted by molar-refractivity contribution is 7.89. The van der Waals surface area contributed by atoms with Crippen LogP contribution in [0.2, 0.25) is 0 Å². The van der Waals surface area contributed by atoms with Gasteiger partial charge < -0.3 is 10.1 Å². The van der Waals surface area contributed by atoms with Crippen molar-refractivity contribution in [3.8, 4) is 0 Å². The van der Waals surface area contributed by atoms with Crippen molar-refractivity contribution in [3.05, 3.63) is 42.5 Å². The highest BCUT2D eigenvalue weighted by Crippen LogP contribution is 2.26. The molecule has 28 heavy (non-hydrogen) atoms. The second kappa shape index (κ2) is 8.19. The van der Waals surface area contributed by atoms with Crippen LogP contribution in [0, 0.1) is 5.92 Å². The van der Waals surface area contributed by atoms with Crippen LogP contribution in [-0.2, 0) is 19.6 Å². The molecule has 2 fully saturated rings. The van der Waals surface area contributed by atoms with E-state index in [1.54, 1.807) is 12.1 Å². The van der Waals surface area contributed by atoms with Crippen LogP contribution >= 0.6 is 0 Å². The zero-order valence-electron chi connectivity index (χ0n) is 15.8. The predicted molar refractivity (Wildman–Crippen MR) is 107 cm³/mol. The monoisotopic (exact) mass is 402 g/mol. The van der Waals surface area contributed by atoms with Crippen LogP contribution in [0.15, 0.2) is 47.4 Å². The van der Waals surface area contributed by atoms with Crippen molar-refractivity contribution in [2.45, 2.75) is 36.7 Å². The van der Waals surface area contributed by atoms with Crippen LogP contribution < -0.4 is 5.32 Å². The van der Waals surface area contributed by atoms with Crippen molar-refractivity contribution in [1.82, 2.24) is 9.62 Å². The maximum atomic E-state index is 13.1. The Bertz CT molecular complexity index is 954. The van der Waals surface area contributed by atoms with Gasteiger partial charge in [0.1, 0.15) is 0 Å². The van der Waals surface area contributed by atoms with Gasteiger partial charge in [0.15, 0.2) is 0 Å². The minimum atomic E-state index is -3.62. The lowest BCUT2D eigenvalue weighted by Crippen LogP contribution is -2.46. The topological polar surface area (TPSA) is 75.7 Å². The number of benzene rings is 2. The van der Waals surface area contributed by atoms with Crippen molar-refractivity contribution in [2.75, 3.05) is 26.2 Å². The molecule has 1 amide bonds. The van der Waals surface area contributed by atoms with Gasteiger partial charge in [-0.25, -0.2) is 8.42 Å². The van der Waals surface area contributed by atoms with Crippen molar-refractivity contribution in [1.29, 1.82) is 0 Å². The molecule has 0 aromatic heterocycles. The second-order valence-corrected chi connectivity index (χ2v) is 9.53. The van der Waals surface area contributed by atoms with Gasteiger partial charge in [-0.15, -0.1) is 0 Å². The fraction of sp³-hybridized carbons (Fsp3) is 0.476. The molecule has 2 aliphatic heterocycles. The summed E-state index contributed by atoms with van der Waals surface area (Å²) in [6, 6.07) is 12.9. The Balaban J connectivity index is 1.45. The van der Waals surface area contributed by atoms with Gasteiger partial charge in [0.05, 0.1) is 16.9 Å². The van der Waals surface area contributed by atoms with Gasteiger partial charge in [-0.1, -0.05) is 30.3 Å². The number of hydrogen-bond donors (Lipinski definition) is 1. The van der Waals surface area contributed by atoms with Crippen LogP contribution in [0.3, 0.4) is 0 Å². The van der Waals surface area contributed by atoms with Crippen LogP contribution in [0.5, 0.6) is 0 Å². The van der Waals surface area contributed by atoms with E-state index in [0.717, 1.165) is 30.2 Å². The lowest BCUT2D eigenvalue weighted by atomic mass is 9.99. The first-order valence-corrected chi connectivity index (χ1v) is 11.4. The maximum absolute atomic E-state index is 13.1. The van der Waals surface area contributed by atoms with Gasteiger partial charge >= 0.3 is 0 Å². The Morgan fingerprint density at radius 2 is 1.93 bits per heavy atom. The first-order valence-electron chi connectivity index (χ1n) is 9.92. The normalized spacial score (nSPS) is 23.7. The molecule has 1 N–H and O–H groups in total. The zero-order chi connectivity index (χ0) is 19.6. The Kier molecular flexibility index (Phi) is 5.66. The summed E-state index contributed by atoms with van der Waals surface area (Å²) in [6.45, 7) is 1.94. The highest BCUT2D eigenvalue weighted by Gasteiger charge is 2.33. The molecular weight excluding hydrogens is 376 g/mol. The summed E-state index contributed by atoms with van der Waals surface area (Å²) in [5.74, 6) is -0.390. The van der Waals surface area contributed by atoms with E-state index in [2.05, 4.69) is 5.32 Å². The van der Waals surface area contributed by atoms with Gasteiger partial charge in [-0.05, 0) is 48.6 Å². The van der Waals surface area contributed by atoms with E-state index in [9.17, 15) is 13.2 Å². The van der Waals surface area contributed by atoms with E-state index >= 15 is 0 Å². The molecule has 2 atom stereocenters. The van der Waals surface area contributed by atoms with Crippen LogP contribution in [-0.4, -0.2) is 51.0 Å². The molecule has 6 nitrogen and oxygen atoms in total. The summed E-state index contributed by atoms with van der Waals surface area (Å²) in [5, 5.41) is 4.85. The summed E-state index contributed by atoms with van der Waals surface area (Å²) in [5.41, 5.74) is 0. The van der Waals surface area contributed by atoms with Crippen molar-refractivity contribution >= 4 is 26.7 Å². The molecule has 0 bridgehead atoms. The number of fused-ring (bicyclic) bond motifs is 1. The summed E-state index contributed by atoms with van der Waals surface area (Å²) < 4.78 is 33.3. The van der Waals surface area contributed by atoms with Crippen molar-refractivity contribution in [2.24, 2.45) is 5.92 Å². The van der Waals surface area contributed by atoms with Crippen LogP contribution in [0.4, 0.5) is 0 Å². The van der Waals surface area contributed by atoms with E-state index in [4.69, 9.17) is 4.74 Å². The van der Waals surface area contributed by atoms with E-state index in [-0.39, 0.29) is 29.4 Å². The van der Waals surface area contributed by atoms with Crippen LogP contribution in [0.1, 0.15) is 25.7 Å². The maximum Gasteiger partial charge on any atom is 0.243 e. The Morgan fingerprint density at radius 1 is 1.11 bits per heavy atom. The van der Waals surface area contributed by atoms with E-state index < -0.39 is 10.0 Å².